The molecule has 2 atom stereocenters. The quantitative estimate of drug-likeness (QED) is 0.757. The normalized spacial score (nSPS) is 23.8. The van der Waals surface area contributed by atoms with Crippen LogP contribution in [0.3, 0.4) is 0 Å². The third-order valence-electron chi connectivity index (χ3n) is 4.88. The van der Waals surface area contributed by atoms with Gasteiger partial charge in [0.1, 0.15) is 5.69 Å². The Kier molecular flexibility index (Phi) is 4.56. The Morgan fingerprint density at radius 1 is 1.21 bits per heavy atom. The van der Waals surface area contributed by atoms with Gasteiger partial charge in [-0.2, -0.15) is 4.98 Å². The minimum absolute atomic E-state index is 0. The highest BCUT2D eigenvalue weighted by molar-refractivity contribution is 5.92. The molecule has 0 saturated heterocycles. The van der Waals surface area contributed by atoms with Crippen LogP contribution in [0.15, 0.2) is 41.1 Å². The van der Waals surface area contributed by atoms with Gasteiger partial charge in [-0.15, -0.1) is 12.4 Å². The van der Waals surface area contributed by atoms with Crippen molar-refractivity contribution in [3.8, 4) is 11.5 Å². The zero-order valence-electron chi connectivity index (χ0n) is 13.6. The number of fused-ring (bicyclic) bond motifs is 1. The summed E-state index contributed by atoms with van der Waals surface area (Å²) in [5, 5.41) is 6.32. The SMILES string of the molecule is CC1(N)CCCCC1c1nc(-c2nccc3ccccc23)no1.Cl. The van der Waals surface area contributed by atoms with Crippen molar-refractivity contribution >= 4 is 23.2 Å². The molecule has 126 valence electrons. The summed E-state index contributed by atoms with van der Waals surface area (Å²) < 4.78 is 5.56. The van der Waals surface area contributed by atoms with E-state index >= 15 is 0 Å². The second-order valence-electron chi connectivity index (χ2n) is 6.64. The Labute approximate surface area is 147 Å². The predicted octanol–water partition coefficient (Wildman–Crippen LogP) is 4.08. The number of halogens is 1. The molecular formula is C18H21ClN4O. The zero-order chi connectivity index (χ0) is 15.9. The first kappa shape index (κ1) is 16.9. The second kappa shape index (κ2) is 6.49. The number of aromatic nitrogens is 3. The number of pyridine rings is 1. The summed E-state index contributed by atoms with van der Waals surface area (Å²) in [6.07, 6.45) is 6.08. The highest BCUT2D eigenvalue weighted by Gasteiger charge is 2.37. The summed E-state index contributed by atoms with van der Waals surface area (Å²) in [4.78, 5) is 9.09. The Bertz CT molecular complexity index is 840. The van der Waals surface area contributed by atoms with E-state index in [0.717, 1.165) is 42.1 Å². The van der Waals surface area contributed by atoms with Crippen LogP contribution in [-0.4, -0.2) is 20.7 Å². The first-order chi connectivity index (χ1) is 11.1. The highest BCUT2D eigenvalue weighted by Crippen LogP contribution is 2.39. The van der Waals surface area contributed by atoms with Crippen LogP contribution in [0.4, 0.5) is 0 Å². The molecule has 1 saturated carbocycles. The van der Waals surface area contributed by atoms with Crippen LogP contribution in [0.25, 0.3) is 22.3 Å². The van der Waals surface area contributed by atoms with Gasteiger partial charge in [0.2, 0.25) is 11.7 Å². The molecule has 3 aromatic rings. The van der Waals surface area contributed by atoms with Gasteiger partial charge in [0.15, 0.2) is 0 Å². The molecule has 24 heavy (non-hydrogen) atoms. The fourth-order valence-corrected chi connectivity index (χ4v) is 3.53. The first-order valence-corrected chi connectivity index (χ1v) is 8.12. The molecule has 0 bridgehead atoms. The topological polar surface area (TPSA) is 77.8 Å². The van der Waals surface area contributed by atoms with Gasteiger partial charge >= 0.3 is 0 Å². The van der Waals surface area contributed by atoms with Crippen LogP contribution >= 0.6 is 12.4 Å². The molecule has 2 heterocycles. The van der Waals surface area contributed by atoms with E-state index in [-0.39, 0.29) is 23.9 Å². The standard InChI is InChI=1S/C18H20N4O.ClH/c1-18(19)10-5-4-8-14(18)17-21-16(22-23-17)15-13-7-3-2-6-12(13)9-11-20-15;/h2-3,6-7,9,11,14H,4-5,8,10,19H2,1H3;1H. The maximum atomic E-state index is 6.45. The molecule has 2 unspecified atom stereocenters. The van der Waals surface area contributed by atoms with Crippen molar-refractivity contribution in [2.24, 2.45) is 5.73 Å². The van der Waals surface area contributed by atoms with Crippen LogP contribution in [0.2, 0.25) is 0 Å². The van der Waals surface area contributed by atoms with E-state index in [1.165, 1.54) is 0 Å². The average Bonchev–Trinajstić information content (AvgIpc) is 3.03. The number of nitrogens with two attached hydrogens (primary N) is 1. The van der Waals surface area contributed by atoms with Crippen LogP contribution in [0.5, 0.6) is 0 Å². The molecule has 2 aromatic heterocycles. The minimum Gasteiger partial charge on any atom is -0.339 e. The average molecular weight is 345 g/mol. The minimum atomic E-state index is -0.283. The van der Waals surface area contributed by atoms with Crippen LogP contribution in [-0.2, 0) is 0 Å². The van der Waals surface area contributed by atoms with Crippen LogP contribution in [0.1, 0.15) is 44.4 Å². The van der Waals surface area contributed by atoms with Crippen molar-refractivity contribution in [2.45, 2.75) is 44.1 Å². The van der Waals surface area contributed by atoms with E-state index in [4.69, 9.17) is 10.3 Å². The van der Waals surface area contributed by atoms with E-state index in [9.17, 15) is 0 Å². The smallest absolute Gasteiger partial charge is 0.231 e. The maximum Gasteiger partial charge on any atom is 0.231 e. The predicted molar refractivity (Wildman–Crippen MR) is 96.1 cm³/mol. The van der Waals surface area contributed by atoms with Crippen molar-refractivity contribution < 1.29 is 4.52 Å². The summed E-state index contributed by atoms with van der Waals surface area (Å²) in [6.45, 7) is 2.08. The largest absolute Gasteiger partial charge is 0.339 e. The summed E-state index contributed by atoms with van der Waals surface area (Å²) in [5.74, 6) is 1.30. The Morgan fingerprint density at radius 3 is 2.88 bits per heavy atom. The molecule has 0 aliphatic heterocycles. The van der Waals surface area contributed by atoms with Crippen molar-refractivity contribution in [3.05, 3.63) is 42.4 Å². The lowest BCUT2D eigenvalue weighted by Crippen LogP contribution is -2.44. The summed E-state index contributed by atoms with van der Waals surface area (Å²) in [6, 6.07) is 10.1. The van der Waals surface area contributed by atoms with Gasteiger partial charge in [-0.1, -0.05) is 42.3 Å². The lowest BCUT2D eigenvalue weighted by atomic mass is 9.74. The molecular weight excluding hydrogens is 324 g/mol. The number of benzene rings is 1. The van der Waals surface area contributed by atoms with Crippen LogP contribution in [0, 0.1) is 0 Å². The van der Waals surface area contributed by atoms with Gasteiger partial charge < -0.3 is 10.3 Å². The van der Waals surface area contributed by atoms with Gasteiger partial charge in [-0.05, 0) is 31.2 Å². The molecule has 2 N–H and O–H groups in total. The Hall–Kier alpha value is -1.98. The molecule has 1 fully saturated rings. The Morgan fingerprint density at radius 2 is 2.04 bits per heavy atom. The lowest BCUT2D eigenvalue weighted by Gasteiger charge is -2.35. The molecule has 0 radical (unpaired) electrons. The Balaban J connectivity index is 0.00000169. The third kappa shape index (κ3) is 2.89. The molecule has 5 nitrogen and oxygen atoms in total. The zero-order valence-corrected chi connectivity index (χ0v) is 14.4. The van der Waals surface area contributed by atoms with E-state index < -0.39 is 0 Å². The van der Waals surface area contributed by atoms with Crippen molar-refractivity contribution in [3.63, 3.8) is 0 Å². The summed E-state index contributed by atoms with van der Waals surface area (Å²) in [7, 11) is 0. The molecule has 0 spiro atoms. The van der Waals surface area contributed by atoms with Gasteiger partial charge in [-0.25, -0.2) is 0 Å². The molecule has 1 aliphatic rings. The monoisotopic (exact) mass is 344 g/mol. The van der Waals surface area contributed by atoms with Gasteiger partial charge in [0, 0.05) is 17.1 Å². The second-order valence-corrected chi connectivity index (χ2v) is 6.64. The maximum absolute atomic E-state index is 6.45. The van der Waals surface area contributed by atoms with Gasteiger partial charge in [0.05, 0.1) is 5.92 Å². The fraction of sp³-hybridized carbons (Fsp3) is 0.389. The summed E-state index contributed by atoms with van der Waals surface area (Å²) >= 11 is 0. The van der Waals surface area contributed by atoms with Crippen LogP contribution < -0.4 is 5.73 Å². The number of hydrogen-bond acceptors (Lipinski definition) is 5. The molecule has 1 aliphatic carbocycles. The number of hydrogen-bond donors (Lipinski definition) is 1. The van der Waals surface area contributed by atoms with Gasteiger partial charge in [0.25, 0.3) is 0 Å². The number of nitrogens with zero attached hydrogens (tertiary/aromatic N) is 3. The third-order valence-corrected chi connectivity index (χ3v) is 4.88. The van der Waals surface area contributed by atoms with E-state index in [1.54, 1.807) is 6.20 Å². The molecule has 4 rings (SSSR count). The highest BCUT2D eigenvalue weighted by atomic mass is 35.5. The molecule has 0 amide bonds. The fourth-order valence-electron chi connectivity index (χ4n) is 3.53. The first-order valence-electron chi connectivity index (χ1n) is 8.12. The van der Waals surface area contributed by atoms with Crippen molar-refractivity contribution in [1.82, 2.24) is 15.1 Å². The number of rotatable bonds is 2. The van der Waals surface area contributed by atoms with Crippen molar-refractivity contribution in [1.29, 1.82) is 0 Å². The van der Waals surface area contributed by atoms with E-state index in [1.807, 2.05) is 24.3 Å². The molecule has 6 heteroatoms. The van der Waals surface area contributed by atoms with Gasteiger partial charge in [-0.3, -0.25) is 4.98 Å². The van der Waals surface area contributed by atoms with Crippen molar-refractivity contribution in [2.75, 3.05) is 0 Å². The lowest BCUT2D eigenvalue weighted by molar-refractivity contribution is 0.223. The van der Waals surface area contributed by atoms with E-state index in [0.29, 0.717) is 11.7 Å². The molecule has 1 aromatic carbocycles. The van der Waals surface area contributed by atoms with E-state index in [2.05, 4.69) is 28.1 Å². The summed E-state index contributed by atoms with van der Waals surface area (Å²) in [5.41, 5.74) is 6.92.